The first-order chi connectivity index (χ1) is 16.8. The minimum Gasteiger partial charge on any atom is -0.474 e. The molecule has 0 radical (unpaired) electrons. The molecular formula is C24H25FN6O4. The lowest BCUT2D eigenvalue weighted by atomic mass is 9.78. The van der Waals surface area contributed by atoms with Gasteiger partial charge in [0.2, 0.25) is 11.8 Å². The number of carbonyl (C=O) groups is 2. The number of aromatic nitrogens is 2. The number of fused-ring (bicyclic) bond motifs is 2. The number of pyridine rings is 2. The lowest BCUT2D eigenvalue weighted by Crippen LogP contribution is -2.51. The normalized spacial score (nSPS) is 18.6. The summed E-state index contributed by atoms with van der Waals surface area (Å²) in [6.07, 6.45) is 2.55. The summed E-state index contributed by atoms with van der Waals surface area (Å²) in [7, 11) is 1.56. The van der Waals surface area contributed by atoms with Gasteiger partial charge in [0, 0.05) is 54.5 Å². The highest BCUT2D eigenvalue weighted by Crippen LogP contribution is 2.40. The van der Waals surface area contributed by atoms with Gasteiger partial charge in [0.15, 0.2) is 5.82 Å². The van der Waals surface area contributed by atoms with Gasteiger partial charge in [0.1, 0.15) is 18.1 Å². The minimum absolute atomic E-state index is 0.0805. The van der Waals surface area contributed by atoms with Crippen molar-refractivity contribution in [2.75, 3.05) is 36.1 Å². The number of nitrogens with one attached hydrogen (secondary N) is 2. The monoisotopic (exact) mass is 480 g/mol. The Kier molecular flexibility index (Phi) is 5.54. The average Bonchev–Trinajstić information content (AvgIpc) is 2.83. The van der Waals surface area contributed by atoms with Crippen LogP contribution in [0.2, 0.25) is 0 Å². The number of anilines is 3. The van der Waals surface area contributed by atoms with Crippen molar-refractivity contribution in [3.63, 3.8) is 0 Å². The van der Waals surface area contributed by atoms with Gasteiger partial charge in [-0.15, -0.1) is 0 Å². The summed E-state index contributed by atoms with van der Waals surface area (Å²) in [5.41, 5.74) is 8.33. The molecule has 2 aliphatic rings. The maximum atomic E-state index is 15.4. The predicted octanol–water partition coefficient (Wildman–Crippen LogP) is 3.14. The van der Waals surface area contributed by atoms with E-state index in [1.807, 2.05) is 6.92 Å². The van der Waals surface area contributed by atoms with Gasteiger partial charge in [-0.25, -0.2) is 19.2 Å². The fourth-order valence-electron chi connectivity index (χ4n) is 4.76. The first-order valence-corrected chi connectivity index (χ1v) is 11.3. The molecule has 10 nitrogen and oxygen atoms in total. The molecule has 0 unspecified atom stereocenters. The minimum atomic E-state index is -1.17. The van der Waals surface area contributed by atoms with Crippen LogP contribution in [-0.4, -0.2) is 53.3 Å². The van der Waals surface area contributed by atoms with Crippen LogP contribution in [0.25, 0.3) is 21.9 Å². The van der Waals surface area contributed by atoms with Crippen LogP contribution in [-0.2, 0) is 4.79 Å². The zero-order valence-corrected chi connectivity index (χ0v) is 19.3. The molecule has 2 aromatic heterocycles. The van der Waals surface area contributed by atoms with Crippen LogP contribution in [0.1, 0.15) is 18.4 Å². The third kappa shape index (κ3) is 3.72. The molecule has 1 aliphatic carbocycles. The van der Waals surface area contributed by atoms with Gasteiger partial charge in [0.05, 0.1) is 5.69 Å². The predicted molar refractivity (Wildman–Crippen MR) is 129 cm³/mol. The summed E-state index contributed by atoms with van der Waals surface area (Å²) in [5.74, 6) is -0.291. The molecule has 1 aliphatic heterocycles. The number of nitrogens with zero attached hydrogens (tertiary/aromatic N) is 3. The summed E-state index contributed by atoms with van der Waals surface area (Å²) in [4.78, 5) is 33.7. The molecule has 1 saturated carbocycles. The lowest BCUT2D eigenvalue weighted by molar-refractivity contribution is -0.127. The number of carboxylic acid groups (broad SMARTS) is 1. The largest absolute Gasteiger partial charge is 0.474 e. The van der Waals surface area contributed by atoms with E-state index in [9.17, 15) is 14.7 Å². The second-order valence-corrected chi connectivity index (χ2v) is 8.76. The zero-order chi connectivity index (χ0) is 24.9. The van der Waals surface area contributed by atoms with Crippen molar-refractivity contribution in [2.45, 2.75) is 25.8 Å². The molecule has 0 bridgehead atoms. The van der Waals surface area contributed by atoms with E-state index in [1.54, 1.807) is 25.4 Å². The van der Waals surface area contributed by atoms with Gasteiger partial charge in [-0.3, -0.25) is 9.69 Å². The Morgan fingerprint density at radius 3 is 2.74 bits per heavy atom. The number of hydrogen-bond donors (Lipinski definition) is 4. The average molecular weight is 481 g/mol. The molecule has 35 heavy (non-hydrogen) atoms. The molecule has 1 aromatic carbocycles. The van der Waals surface area contributed by atoms with Gasteiger partial charge in [-0.2, -0.15) is 0 Å². The van der Waals surface area contributed by atoms with Crippen molar-refractivity contribution < 1.29 is 23.8 Å². The van der Waals surface area contributed by atoms with E-state index in [2.05, 4.69) is 20.6 Å². The Hall–Kier alpha value is -4.15. The third-order valence-electron chi connectivity index (χ3n) is 6.77. The number of nitrogen functional groups attached to an aromatic ring is 1. The Morgan fingerprint density at radius 1 is 1.26 bits per heavy atom. The van der Waals surface area contributed by atoms with Crippen molar-refractivity contribution in [1.82, 2.24) is 15.3 Å². The number of rotatable bonds is 4. The maximum absolute atomic E-state index is 15.4. The van der Waals surface area contributed by atoms with Crippen LogP contribution in [0.3, 0.4) is 0 Å². The SMILES string of the molecule is CNC(=O)[C@H]1C[C@@H](N(C(=O)O)c2cc3cc(-c4cnc5c(c4C)NCCO5)c(F)c(N)c3cn2)C1. The molecule has 5 N–H and O–H groups in total. The van der Waals surface area contributed by atoms with Gasteiger partial charge in [-0.05, 0) is 42.8 Å². The van der Waals surface area contributed by atoms with Crippen molar-refractivity contribution in [2.24, 2.45) is 5.92 Å². The third-order valence-corrected chi connectivity index (χ3v) is 6.77. The smallest absolute Gasteiger partial charge is 0.413 e. The van der Waals surface area contributed by atoms with E-state index in [0.29, 0.717) is 53.9 Å². The molecule has 0 saturated heterocycles. The fraction of sp³-hybridized carbons (Fsp3) is 0.333. The van der Waals surface area contributed by atoms with Crippen molar-refractivity contribution >= 4 is 40.0 Å². The molecular weight excluding hydrogens is 455 g/mol. The van der Waals surface area contributed by atoms with E-state index in [4.69, 9.17) is 10.5 Å². The van der Waals surface area contributed by atoms with E-state index in [-0.39, 0.29) is 34.9 Å². The van der Waals surface area contributed by atoms with Gasteiger partial charge in [0.25, 0.3) is 0 Å². The number of carbonyl (C=O) groups excluding carboxylic acids is 1. The molecule has 182 valence electrons. The summed E-state index contributed by atoms with van der Waals surface area (Å²) < 4.78 is 21.0. The lowest BCUT2D eigenvalue weighted by Gasteiger charge is -2.39. The Bertz CT molecular complexity index is 1360. The number of ether oxygens (including phenoxy) is 1. The van der Waals surface area contributed by atoms with E-state index >= 15 is 4.39 Å². The summed E-state index contributed by atoms with van der Waals surface area (Å²) >= 11 is 0. The number of amides is 2. The Morgan fingerprint density at radius 2 is 2.03 bits per heavy atom. The second-order valence-electron chi connectivity index (χ2n) is 8.76. The highest BCUT2D eigenvalue weighted by molar-refractivity contribution is 6.00. The van der Waals surface area contributed by atoms with Gasteiger partial charge in [-0.1, -0.05) is 0 Å². The first kappa shape index (κ1) is 22.6. The topological polar surface area (TPSA) is 143 Å². The molecule has 0 spiro atoms. The van der Waals surface area contributed by atoms with Crippen LogP contribution in [0.15, 0.2) is 24.5 Å². The quantitative estimate of drug-likeness (QED) is 0.417. The molecule has 3 heterocycles. The molecule has 5 rings (SSSR count). The van der Waals surface area contributed by atoms with E-state index in [1.165, 1.54) is 6.20 Å². The highest BCUT2D eigenvalue weighted by atomic mass is 19.1. The van der Waals surface area contributed by atoms with Crippen LogP contribution in [0.4, 0.5) is 26.4 Å². The zero-order valence-electron chi connectivity index (χ0n) is 19.3. The summed E-state index contributed by atoms with van der Waals surface area (Å²) in [5, 5.41) is 16.6. The van der Waals surface area contributed by atoms with Crippen LogP contribution in [0.5, 0.6) is 5.88 Å². The first-order valence-electron chi connectivity index (χ1n) is 11.3. The molecule has 1 fully saturated rings. The van der Waals surface area contributed by atoms with Crippen LogP contribution < -0.4 is 26.0 Å². The van der Waals surface area contributed by atoms with E-state index in [0.717, 1.165) is 10.5 Å². The maximum Gasteiger partial charge on any atom is 0.413 e. The molecule has 0 atom stereocenters. The molecule has 2 amide bonds. The molecule has 3 aromatic rings. The number of hydrogen-bond acceptors (Lipinski definition) is 7. The number of benzene rings is 1. The van der Waals surface area contributed by atoms with Crippen LogP contribution >= 0.6 is 0 Å². The fourth-order valence-corrected chi connectivity index (χ4v) is 4.76. The van der Waals surface area contributed by atoms with Gasteiger partial charge >= 0.3 is 6.09 Å². The highest BCUT2D eigenvalue weighted by Gasteiger charge is 2.41. The van der Waals surface area contributed by atoms with Crippen molar-refractivity contribution in [1.29, 1.82) is 0 Å². The van der Waals surface area contributed by atoms with Crippen molar-refractivity contribution in [3.05, 3.63) is 35.9 Å². The number of nitrogens with two attached hydrogens (primary N) is 1. The summed E-state index contributed by atoms with van der Waals surface area (Å²) in [6.45, 7) is 2.96. The Balaban J connectivity index is 1.56. The van der Waals surface area contributed by atoms with Crippen LogP contribution in [0, 0.1) is 18.7 Å². The second kappa shape index (κ2) is 8.57. The molecule has 11 heteroatoms. The standard InChI is InChI=1S/C24H25FN6O4/c1-11-16(9-30-23-21(11)28-3-4-35-23)15-7-12-8-18(29-10-17(12)20(26)19(15)25)31(24(33)34)14-5-13(6-14)22(32)27-2/h7-10,13-14,28H,3-6,26H2,1-2H3,(H,27,32)(H,33,34)/t13-,14+. The van der Waals surface area contributed by atoms with Crippen molar-refractivity contribution in [3.8, 4) is 17.0 Å². The summed E-state index contributed by atoms with van der Waals surface area (Å²) in [6, 6.07) is 2.83. The number of halogens is 1. The van der Waals surface area contributed by atoms with E-state index < -0.39 is 11.9 Å². The van der Waals surface area contributed by atoms with Gasteiger partial charge < -0.3 is 26.2 Å². The Labute approximate surface area is 200 Å².